The number of allylic oxidation sites excluding steroid dienone is 1. The van der Waals surface area contributed by atoms with Gasteiger partial charge in [-0.3, -0.25) is 0 Å². The van der Waals surface area contributed by atoms with Crippen LogP contribution in [0.15, 0.2) is 18.2 Å². The molecular formula is C13H14FNO2. The maximum absolute atomic E-state index is 13.4. The lowest BCUT2D eigenvalue weighted by molar-refractivity contribution is 0.0697. The minimum atomic E-state index is -1.13. The molecule has 3 nitrogen and oxygen atoms in total. The lowest BCUT2D eigenvalue weighted by Crippen LogP contribution is -2.32. The second kappa shape index (κ2) is 3.58. The van der Waals surface area contributed by atoms with Crippen molar-refractivity contribution in [1.82, 2.24) is 0 Å². The van der Waals surface area contributed by atoms with E-state index >= 15 is 0 Å². The highest BCUT2D eigenvalue weighted by molar-refractivity contribution is 5.99. The summed E-state index contributed by atoms with van der Waals surface area (Å²) in [4.78, 5) is 11.1. The number of rotatable bonds is 1. The third-order valence-corrected chi connectivity index (χ3v) is 2.78. The summed E-state index contributed by atoms with van der Waals surface area (Å²) in [7, 11) is 0. The van der Waals surface area contributed by atoms with Crippen LogP contribution in [0, 0.1) is 5.82 Å². The van der Waals surface area contributed by atoms with Gasteiger partial charge in [0.25, 0.3) is 0 Å². The van der Waals surface area contributed by atoms with Crippen molar-refractivity contribution in [3.63, 3.8) is 0 Å². The summed E-state index contributed by atoms with van der Waals surface area (Å²) >= 11 is 0. The van der Waals surface area contributed by atoms with E-state index in [0.717, 1.165) is 11.6 Å². The minimum absolute atomic E-state index is 0.0273. The molecule has 0 atom stereocenters. The average Bonchev–Trinajstić information content (AvgIpc) is 2.17. The SMILES string of the molecule is CC1=CC(C)(C)Nc2c(C(=O)O)cc(F)cc21. The molecule has 0 aliphatic carbocycles. The minimum Gasteiger partial charge on any atom is -0.478 e. The average molecular weight is 235 g/mol. The van der Waals surface area contributed by atoms with Gasteiger partial charge in [-0.15, -0.1) is 0 Å². The lowest BCUT2D eigenvalue weighted by atomic mass is 9.89. The predicted molar refractivity (Wildman–Crippen MR) is 64.7 cm³/mol. The number of halogens is 1. The van der Waals surface area contributed by atoms with Crippen LogP contribution in [0.25, 0.3) is 5.57 Å². The largest absolute Gasteiger partial charge is 0.478 e. The second-order valence-electron chi connectivity index (χ2n) is 4.86. The number of aromatic carboxylic acids is 1. The van der Waals surface area contributed by atoms with Crippen LogP contribution in [0.5, 0.6) is 0 Å². The van der Waals surface area contributed by atoms with Gasteiger partial charge < -0.3 is 10.4 Å². The Kier molecular flexibility index (Phi) is 2.45. The van der Waals surface area contributed by atoms with Gasteiger partial charge in [-0.05, 0) is 38.5 Å². The third-order valence-electron chi connectivity index (χ3n) is 2.78. The van der Waals surface area contributed by atoms with Crippen molar-refractivity contribution in [3.05, 3.63) is 35.2 Å². The van der Waals surface area contributed by atoms with Gasteiger partial charge in [-0.1, -0.05) is 6.08 Å². The van der Waals surface area contributed by atoms with Crippen molar-refractivity contribution in [1.29, 1.82) is 0 Å². The van der Waals surface area contributed by atoms with E-state index in [9.17, 15) is 9.18 Å². The number of carbonyl (C=O) groups is 1. The first kappa shape index (κ1) is 11.6. The molecule has 1 aromatic carbocycles. The first-order valence-corrected chi connectivity index (χ1v) is 5.35. The summed E-state index contributed by atoms with van der Waals surface area (Å²) in [6.07, 6.45) is 1.96. The van der Waals surface area contributed by atoms with Gasteiger partial charge >= 0.3 is 5.97 Å². The van der Waals surface area contributed by atoms with Crippen LogP contribution in [0.4, 0.5) is 10.1 Å². The standard InChI is InChI=1S/C13H14FNO2/c1-7-6-13(2,3)15-11-9(7)4-8(14)5-10(11)12(16)17/h4-6,15H,1-3H3,(H,16,17). The van der Waals surface area contributed by atoms with Crippen molar-refractivity contribution in [2.75, 3.05) is 5.32 Å². The van der Waals surface area contributed by atoms with Crippen molar-refractivity contribution in [2.24, 2.45) is 0 Å². The zero-order chi connectivity index (χ0) is 12.8. The molecule has 2 N–H and O–H groups in total. The lowest BCUT2D eigenvalue weighted by Gasteiger charge is -2.32. The van der Waals surface area contributed by atoms with Gasteiger partial charge in [0.1, 0.15) is 5.82 Å². The monoisotopic (exact) mass is 235 g/mol. The van der Waals surface area contributed by atoms with Crippen LogP contribution in [0.3, 0.4) is 0 Å². The Bertz CT molecular complexity index is 532. The number of hydrogen-bond donors (Lipinski definition) is 2. The molecule has 0 aromatic heterocycles. The number of carboxylic acids is 1. The Morgan fingerprint density at radius 3 is 2.65 bits per heavy atom. The Labute approximate surface area is 99.0 Å². The Morgan fingerprint density at radius 1 is 1.41 bits per heavy atom. The molecule has 0 saturated heterocycles. The molecule has 4 heteroatoms. The smallest absolute Gasteiger partial charge is 0.337 e. The molecule has 2 rings (SSSR count). The van der Waals surface area contributed by atoms with E-state index in [-0.39, 0.29) is 11.1 Å². The van der Waals surface area contributed by atoms with Crippen LogP contribution in [-0.4, -0.2) is 16.6 Å². The topological polar surface area (TPSA) is 49.3 Å². The number of fused-ring (bicyclic) bond motifs is 1. The zero-order valence-electron chi connectivity index (χ0n) is 9.97. The molecule has 1 aliphatic heterocycles. The summed E-state index contributed by atoms with van der Waals surface area (Å²) in [5.74, 6) is -1.66. The van der Waals surface area contributed by atoms with Crippen LogP contribution in [-0.2, 0) is 0 Å². The van der Waals surface area contributed by atoms with Gasteiger partial charge in [0.05, 0.1) is 16.8 Å². The second-order valence-corrected chi connectivity index (χ2v) is 4.86. The Balaban J connectivity index is 2.71. The first-order valence-electron chi connectivity index (χ1n) is 5.35. The fourth-order valence-electron chi connectivity index (χ4n) is 2.20. The Hall–Kier alpha value is -1.84. The number of carboxylic acid groups (broad SMARTS) is 1. The van der Waals surface area contributed by atoms with E-state index in [1.807, 2.05) is 26.8 Å². The van der Waals surface area contributed by atoms with Crippen LogP contribution in [0.1, 0.15) is 36.7 Å². The van der Waals surface area contributed by atoms with Crippen molar-refractivity contribution < 1.29 is 14.3 Å². The summed E-state index contributed by atoms with van der Waals surface area (Å²) in [6.45, 7) is 5.73. The molecule has 1 aromatic rings. The molecule has 1 heterocycles. The van der Waals surface area contributed by atoms with E-state index in [1.54, 1.807) is 0 Å². The molecule has 0 spiro atoms. The van der Waals surface area contributed by atoms with Crippen LogP contribution >= 0.6 is 0 Å². The molecule has 0 saturated carbocycles. The van der Waals surface area contributed by atoms with Crippen LogP contribution < -0.4 is 5.32 Å². The fourth-order valence-corrected chi connectivity index (χ4v) is 2.20. The van der Waals surface area contributed by atoms with Gasteiger partial charge in [-0.25, -0.2) is 9.18 Å². The molecular weight excluding hydrogens is 221 g/mol. The maximum Gasteiger partial charge on any atom is 0.337 e. The van der Waals surface area contributed by atoms with Crippen molar-refractivity contribution >= 4 is 17.2 Å². The highest BCUT2D eigenvalue weighted by Gasteiger charge is 2.27. The number of benzene rings is 1. The highest BCUT2D eigenvalue weighted by atomic mass is 19.1. The van der Waals surface area contributed by atoms with Gasteiger partial charge in [0.15, 0.2) is 0 Å². The van der Waals surface area contributed by atoms with E-state index in [4.69, 9.17) is 5.11 Å². The summed E-state index contributed by atoms with van der Waals surface area (Å²) in [6, 6.07) is 2.40. The zero-order valence-corrected chi connectivity index (χ0v) is 9.97. The van der Waals surface area contributed by atoms with Gasteiger partial charge in [0, 0.05) is 5.56 Å². The third kappa shape index (κ3) is 2.02. The maximum atomic E-state index is 13.4. The van der Waals surface area contributed by atoms with Gasteiger partial charge in [-0.2, -0.15) is 0 Å². The highest BCUT2D eigenvalue weighted by Crippen LogP contribution is 2.36. The number of nitrogens with one attached hydrogen (secondary N) is 1. The number of anilines is 1. The van der Waals surface area contributed by atoms with E-state index < -0.39 is 11.8 Å². The Morgan fingerprint density at radius 2 is 2.06 bits per heavy atom. The first-order chi connectivity index (χ1) is 7.80. The van der Waals surface area contributed by atoms with E-state index in [0.29, 0.717) is 11.3 Å². The van der Waals surface area contributed by atoms with Gasteiger partial charge in [0.2, 0.25) is 0 Å². The molecule has 0 fully saturated rings. The summed E-state index contributed by atoms with van der Waals surface area (Å²) in [5, 5.41) is 12.2. The molecule has 0 radical (unpaired) electrons. The van der Waals surface area contributed by atoms with Crippen molar-refractivity contribution in [2.45, 2.75) is 26.3 Å². The quantitative estimate of drug-likeness (QED) is 0.786. The normalized spacial score (nSPS) is 16.8. The molecule has 0 bridgehead atoms. The summed E-state index contributed by atoms with van der Waals surface area (Å²) < 4.78 is 13.4. The fraction of sp³-hybridized carbons (Fsp3) is 0.308. The predicted octanol–water partition coefficient (Wildman–Crippen LogP) is 3.13. The van der Waals surface area contributed by atoms with Crippen LogP contribution in [0.2, 0.25) is 0 Å². The molecule has 90 valence electrons. The molecule has 0 amide bonds. The van der Waals surface area contributed by atoms with E-state index in [1.165, 1.54) is 6.07 Å². The summed E-state index contributed by atoms with van der Waals surface area (Å²) in [5.41, 5.74) is 1.62. The van der Waals surface area contributed by atoms with E-state index in [2.05, 4.69) is 5.32 Å². The molecule has 1 aliphatic rings. The van der Waals surface area contributed by atoms with Crippen molar-refractivity contribution in [3.8, 4) is 0 Å². The molecule has 17 heavy (non-hydrogen) atoms. The molecule has 0 unspecified atom stereocenters. The number of hydrogen-bond acceptors (Lipinski definition) is 2.